The minimum Gasteiger partial charge on any atom is -0.388 e. The van der Waals surface area contributed by atoms with Gasteiger partial charge in [-0.25, -0.2) is 4.98 Å². The molecule has 2 nitrogen and oxygen atoms in total. The van der Waals surface area contributed by atoms with Gasteiger partial charge in [-0.1, -0.05) is 19.1 Å². The molecule has 0 saturated carbocycles. The number of rotatable bonds is 4. The van der Waals surface area contributed by atoms with Crippen molar-refractivity contribution in [3.8, 4) is 11.3 Å². The molecule has 16 heavy (non-hydrogen) atoms. The molecule has 0 saturated heterocycles. The van der Waals surface area contributed by atoms with Gasteiger partial charge in [0.25, 0.3) is 0 Å². The van der Waals surface area contributed by atoms with Crippen molar-refractivity contribution < 1.29 is 0 Å². The zero-order valence-corrected chi connectivity index (χ0v) is 10.5. The fourth-order valence-corrected chi connectivity index (χ4v) is 2.52. The van der Waals surface area contributed by atoms with E-state index in [4.69, 9.17) is 0 Å². The molecule has 0 unspecified atom stereocenters. The molecular weight excluding hydrogens is 216 g/mol. The molecule has 0 bridgehead atoms. The van der Waals surface area contributed by atoms with Crippen LogP contribution in [0.25, 0.3) is 11.3 Å². The largest absolute Gasteiger partial charge is 0.388 e. The summed E-state index contributed by atoms with van der Waals surface area (Å²) in [5.74, 6) is 0. The average Bonchev–Trinajstić information content (AvgIpc) is 2.78. The highest BCUT2D eigenvalue weighted by atomic mass is 32.1. The van der Waals surface area contributed by atoms with Gasteiger partial charge in [0.2, 0.25) is 0 Å². The predicted molar refractivity (Wildman–Crippen MR) is 71.1 cm³/mol. The molecule has 2 aromatic rings. The van der Waals surface area contributed by atoms with Crippen LogP contribution in [0.4, 0.5) is 5.69 Å². The third kappa shape index (κ3) is 2.42. The molecule has 0 amide bonds. The molecule has 3 heteroatoms. The second kappa shape index (κ2) is 5.12. The van der Waals surface area contributed by atoms with Gasteiger partial charge < -0.3 is 5.32 Å². The molecule has 2 rings (SSSR count). The molecule has 0 spiro atoms. The van der Waals surface area contributed by atoms with E-state index in [2.05, 4.69) is 46.9 Å². The van der Waals surface area contributed by atoms with Gasteiger partial charge in [0.15, 0.2) is 0 Å². The molecule has 1 aromatic heterocycles. The van der Waals surface area contributed by atoms with Gasteiger partial charge in [-0.2, -0.15) is 0 Å². The lowest BCUT2D eigenvalue weighted by molar-refractivity contribution is 0.910. The van der Waals surface area contributed by atoms with E-state index < -0.39 is 0 Å². The maximum Gasteiger partial charge on any atom is 0.0932 e. The predicted octanol–water partition coefficient (Wildman–Crippen LogP) is 3.80. The fraction of sp³-hybridized carbons (Fsp3) is 0.308. The van der Waals surface area contributed by atoms with Crippen LogP contribution in [0.15, 0.2) is 29.6 Å². The fourth-order valence-electron chi connectivity index (χ4n) is 1.61. The van der Waals surface area contributed by atoms with E-state index in [0.717, 1.165) is 24.2 Å². The molecule has 0 aliphatic rings. The Bertz CT molecular complexity index is 462. The number of thiazole rings is 1. The topological polar surface area (TPSA) is 24.9 Å². The van der Waals surface area contributed by atoms with Gasteiger partial charge >= 0.3 is 0 Å². The Morgan fingerprint density at radius 3 is 3.00 bits per heavy atom. The smallest absolute Gasteiger partial charge is 0.0932 e. The normalized spacial score (nSPS) is 10.4. The standard InChI is InChI=1S/C13H16N2S/c1-3-5-13-15-12(9-16-13)10-6-4-7-11(8-10)14-2/h4,6-9,14H,3,5H2,1-2H3. The molecule has 0 radical (unpaired) electrons. The van der Waals surface area contributed by atoms with Gasteiger partial charge in [-0.3, -0.25) is 0 Å². The number of hydrogen-bond acceptors (Lipinski definition) is 3. The van der Waals surface area contributed by atoms with Gasteiger partial charge in [-0.05, 0) is 25.0 Å². The second-order valence-electron chi connectivity index (χ2n) is 3.71. The summed E-state index contributed by atoms with van der Waals surface area (Å²) in [6.45, 7) is 2.18. The molecule has 1 aromatic carbocycles. The van der Waals surface area contributed by atoms with Crippen LogP contribution in [-0.4, -0.2) is 12.0 Å². The Kier molecular flexibility index (Phi) is 3.57. The summed E-state index contributed by atoms with van der Waals surface area (Å²) in [5.41, 5.74) is 3.40. The summed E-state index contributed by atoms with van der Waals surface area (Å²) in [7, 11) is 1.93. The van der Waals surface area contributed by atoms with Gasteiger partial charge in [0.1, 0.15) is 0 Å². The van der Waals surface area contributed by atoms with Crippen LogP contribution >= 0.6 is 11.3 Å². The average molecular weight is 232 g/mol. The van der Waals surface area contributed by atoms with Gasteiger partial charge in [-0.15, -0.1) is 11.3 Å². The van der Waals surface area contributed by atoms with Crippen LogP contribution in [0.5, 0.6) is 0 Å². The first-order valence-electron chi connectivity index (χ1n) is 5.56. The van der Waals surface area contributed by atoms with E-state index in [1.807, 2.05) is 7.05 Å². The van der Waals surface area contributed by atoms with E-state index in [0.29, 0.717) is 0 Å². The number of benzene rings is 1. The van der Waals surface area contributed by atoms with E-state index >= 15 is 0 Å². The van der Waals surface area contributed by atoms with Gasteiger partial charge in [0, 0.05) is 23.7 Å². The Morgan fingerprint density at radius 2 is 2.25 bits per heavy atom. The summed E-state index contributed by atoms with van der Waals surface area (Å²) >= 11 is 1.75. The number of nitrogens with zero attached hydrogens (tertiary/aromatic N) is 1. The van der Waals surface area contributed by atoms with Crippen molar-refractivity contribution in [1.82, 2.24) is 4.98 Å². The Hall–Kier alpha value is -1.35. The van der Waals surface area contributed by atoms with Crippen molar-refractivity contribution >= 4 is 17.0 Å². The molecule has 0 atom stereocenters. The van der Waals surface area contributed by atoms with Crippen molar-refractivity contribution in [2.24, 2.45) is 0 Å². The minimum absolute atomic E-state index is 1.08. The lowest BCUT2D eigenvalue weighted by atomic mass is 10.1. The first-order valence-corrected chi connectivity index (χ1v) is 6.44. The van der Waals surface area contributed by atoms with Crippen LogP contribution in [-0.2, 0) is 6.42 Å². The number of aryl methyl sites for hydroxylation is 1. The molecular formula is C13H16N2S. The maximum absolute atomic E-state index is 4.64. The molecule has 0 fully saturated rings. The zero-order valence-electron chi connectivity index (χ0n) is 9.66. The van der Waals surface area contributed by atoms with Crippen molar-refractivity contribution in [2.75, 3.05) is 12.4 Å². The van der Waals surface area contributed by atoms with E-state index in [9.17, 15) is 0 Å². The zero-order chi connectivity index (χ0) is 11.4. The molecule has 1 heterocycles. The number of nitrogens with one attached hydrogen (secondary N) is 1. The van der Waals surface area contributed by atoms with Crippen molar-refractivity contribution in [3.63, 3.8) is 0 Å². The van der Waals surface area contributed by atoms with Crippen LogP contribution in [0.1, 0.15) is 18.4 Å². The molecule has 0 aliphatic heterocycles. The summed E-state index contributed by atoms with van der Waals surface area (Å²) in [6.07, 6.45) is 2.24. The van der Waals surface area contributed by atoms with E-state index in [-0.39, 0.29) is 0 Å². The Labute approximate surface area is 100 Å². The monoisotopic (exact) mass is 232 g/mol. The first kappa shape index (κ1) is 11.1. The van der Waals surface area contributed by atoms with Crippen molar-refractivity contribution in [1.29, 1.82) is 0 Å². The maximum atomic E-state index is 4.64. The van der Waals surface area contributed by atoms with Crippen molar-refractivity contribution in [2.45, 2.75) is 19.8 Å². The lowest BCUT2D eigenvalue weighted by Gasteiger charge is -2.01. The minimum atomic E-state index is 1.08. The summed E-state index contributed by atoms with van der Waals surface area (Å²) < 4.78 is 0. The third-order valence-corrected chi connectivity index (χ3v) is 3.37. The third-order valence-electron chi connectivity index (χ3n) is 2.46. The van der Waals surface area contributed by atoms with E-state index in [1.165, 1.54) is 10.6 Å². The van der Waals surface area contributed by atoms with Crippen LogP contribution < -0.4 is 5.32 Å². The van der Waals surface area contributed by atoms with E-state index in [1.54, 1.807) is 11.3 Å². The molecule has 1 N–H and O–H groups in total. The highest BCUT2D eigenvalue weighted by Crippen LogP contribution is 2.24. The van der Waals surface area contributed by atoms with Gasteiger partial charge in [0.05, 0.1) is 10.7 Å². The highest BCUT2D eigenvalue weighted by Gasteiger charge is 2.04. The first-order chi connectivity index (χ1) is 7.83. The quantitative estimate of drug-likeness (QED) is 0.867. The summed E-state index contributed by atoms with van der Waals surface area (Å²) in [4.78, 5) is 4.64. The summed E-state index contributed by atoms with van der Waals surface area (Å²) in [6, 6.07) is 8.35. The Balaban J connectivity index is 2.27. The molecule has 0 aliphatic carbocycles. The van der Waals surface area contributed by atoms with Crippen LogP contribution in [0, 0.1) is 0 Å². The number of anilines is 1. The van der Waals surface area contributed by atoms with Crippen LogP contribution in [0.3, 0.4) is 0 Å². The summed E-state index contributed by atoms with van der Waals surface area (Å²) in [5, 5.41) is 6.51. The number of hydrogen-bond donors (Lipinski definition) is 1. The van der Waals surface area contributed by atoms with Crippen LogP contribution in [0.2, 0.25) is 0 Å². The SMILES string of the molecule is CCCc1nc(-c2cccc(NC)c2)cs1. The highest BCUT2D eigenvalue weighted by molar-refractivity contribution is 7.09. The number of aromatic nitrogens is 1. The second-order valence-corrected chi connectivity index (χ2v) is 4.65. The van der Waals surface area contributed by atoms with Crippen molar-refractivity contribution in [3.05, 3.63) is 34.7 Å². The lowest BCUT2D eigenvalue weighted by Crippen LogP contribution is -1.88. The molecule has 84 valence electrons. The Morgan fingerprint density at radius 1 is 1.38 bits per heavy atom.